The van der Waals surface area contributed by atoms with Crippen molar-refractivity contribution in [3.05, 3.63) is 23.0 Å². The number of hydrogen-bond donors (Lipinski definition) is 0. The lowest BCUT2D eigenvalue weighted by Gasteiger charge is -2.10. The third kappa shape index (κ3) is 3.02. The summed E-state index contributed by atoms with van der Waals surface area (Å²) in [5.41, 5.74) is -0.0365. The number of esters is 1. The van der Waals surface area contributed by atoms with Gasteiger partial charge < -0.3 is 4.74 Å². The van der Waals surface area contributed by atoms with E-state index < -0.39 is 17.7 Å². The maximum Gasteiger partial charge on any atom is 0.417 e. The average Bonchev–Trinajstić information content (AvgIpc) is 3.22. The molecule has 0 bridgehead atoms. The zero-order valence-electron chi connectivity index (χ0n) is 12.8. The van der Waals surface area contributed by atoms with Crippen LogP contribution in [-0.4, -0.2) is 27.3 Å². The highest BCUT2D eigenvalue weighted by molar-refractivity contribution is 5.85. The molecule has 0 aromatic carbocycles. The monoisotopic (exact) mass is 327 g/mol. The Kier molecular flexibility index (Phi) is 3.77. The minimum atomic E-state index is -4.49. The zero-order chi connectivity index (χ0) is 16.8. The molecule has 0 aliphatic heterocycles. The number of carbonyl (C=O) groups excluding carboxylic acids is 1. The van der Waals surface area contributed by atoms with Crippen LogP contribution in [0.4, 0.5) is 13.2 Å². The van der Waals surface area contributed by atoms with Crippen molar-refractivity contribution in [3.8, 4) is 0 Å². The summed E-state index contributed by atoms with van der Waals surface area (Å²) < 4.78 is 46.3. The second-order valence-corrected chi connectivity index (χ2v) is 5.63. The fourth-order valence-electron chi connectivity index (χ4n) is 2.63. The molecule has 3 rings (SSSR count). The first kappa shape index (κ1) is 15.8. The summed E-state index contributed by atoms with van der Waals surface area (Å²) in [6, 6.07) is 1.03. The largest absolute Gasteiger partial charge is 0.465 e. The molecule has 0 N–H and O–H groups in total. The number of aryl methyl sites for hydroxylation is 1. The van der Waals surface area contributed by atoms with Crippen LogP contribution in [-0.2, 0) is 22.3 Å². The van der Waals surface area contributed by atoms with E-state index in [-0.39, 0.29) is 35.8 Å². The minimum Gasteiger partial charge on any atom is -0.465 e. The average molecular weight is 327 g/mol. The smallest absolute Gasteiger partial charge is 0.417 e. The molecule has 0 atom stereocenters. The Morgan fingerprint density at radius 2 is 2.13 bits per heavy atom. The SMILES string of the molecule is CCOC(=O)Cn1nc(C2CC2)c2c(C(F)(F)F)cc(C)nc21. The number of pyridine rings is 1. The zero-order valence-corrected chi connectivity index (χ0v) is 12.8. The van der Waals surface area contributed by atoms with Crippen molar-refractivity contribution in [1.82, 2.24) is 14.8 Å². The number of fused-ring (bicyclic) bond motifs is 1. The maximum atomic E-state index is 13.4. The van der Waals surface area contributed by atoms with Crippen molar-refractivity contribution in [3.63, 3.8) is 0 Å². The number of rotatable bonds is 4. The van der Waals surface area contributed by atoms with Crippen molar-refractivity contribution in [2.75, 3.05) is 6.61 Å². The van der Waals surface area contributed by atoms with Crippen molar-refractivity contribution in [2.45, 2.75) is 45.3 Å². The first-order valence-electron chi connectivity index (χ1n) is 7.42. The van der Waals surface area contributed by atoms with E-state index in [4.69, 9.17) is 4.74 Å². The Morgan fingerprint density at radius 3 is 2.70 bits per heavy atom. The molecule has 1 fully saturated rings. The van der Waals surface area contributed by atoms with Crippen LogP contribution in [0.3, 0.4) is 0 Å². The van der Waals surface area contributed by atoms with E-state index in [1.165, 1.54) is 11.6 Å². The van der Waals surface area contributed by atoms with Crippen LogP contribution in [0.2, 0.25) is 0 Å². The molecule has 2 aromatic rings. The van der Waals surface area contributed by atoms with Crippen LogP contribution < -0.4 is 0 Å². The Bertz CT molecular complexity index is 763. The summed E-state index contributed by atoms with van der Waals surface area (Å²) in [6.07, 6.45) is -2.89. The summed E-state index contributed by atoms with van der Waals surface area (Å²) in [5, 5.41) is 4.25. The fraction of sp³-hybridized carbons (Fsp3) is 0.533. The summed E-state index contributed by atoms with van der Waals surface area (Å²) in [5.74, 6) is -0.539. The normalized spacial score (nSPS) is 15.2. The first-order valence-corrected chi connectivity index (χ1v) is 7.42. The molecule has 0 saturated heterocycles. The van der Waals surface area contributed by atoms with Gasteiger partial charge in [-0.3, -0.25) is 4.79 Å². The molecule has 2 heterocycles. The Hall–Kier alpha value is -2.12. The van der Waals surface area contributed by atoms with Gasteiger partial charge in [-0.05, 0) is 32.8 Å². The Balaban J connectivity index is 2.19. The van der Waals surface area contributed by atoms with Crippen LogP contribution in [0.5, 0.6) is 0 Å². The van der Waals surface area contributed by atoms with E-state index in [2.05, 4.69) is 10.1 Å². The molecule has 5 nitrogen and oxygen atoms in total. The summed E-state index contributed by atoms with van der Waals surface area (Å²) in [6.45, 7) is 3.12. The standard InChI is InChI=1S/C15H16F3N3O2/c1-3-23-11(22)7-21-14-12(13(20-21)9-4-5-9)10(15(16,17)18)6-8(2)19-14/h6,9H,3-5,7H2,1-2H3. The van der Waals surface area contributed by atoms with Gasteiger partial charge in [0.05, 0.1) is 23.3 Å². The van der Waals surface area contributed by atoms with E-state index in [9.17, 15) is 18.0 Å². The molecule has 0 radical (unpaired) electrons. The molecule has 23 heavy (non-hydrogen) atoms. The van der Waals surface area contributed by atoms with Gasteiger partial charge in [-0.2, -0.15) is 18.3 Å². The second-order valence-electron chi connectivity index (χ2n) is 5.63. The van der Waals surface area contributed by atoms with E-state index in [1.807, 2.05) is 0 Å². The van der Waals surface area contributed by atoms with Gasteiger partial charge in [0.25, 0.3) is 0 Å². The van der Waals surface area contributed by atoms with Crippen LogP contribution in [0.15, 0.2) is 6.07 Å². The number of ether oxygens (including phenoxy) is 1. The van der Waals surface area contributed by atoms with Gasteiger partial charge in [-0.15, -0.1) is 0 Å². The van der Waals surface area contributed by atoms with Gasteiger partial charge in [-0.1, -0.05) is 0 Å². The van der Waals surface area contributed by atoms with Gasteiger partial charge in [0.15, 0.2) is 5.65 Å². The molecule has 1 aliphatic rings. The third-order valence-electron chi connectivity index (χ3n) is 3.71. The van der Waals surface area contributed by atoms with E-state index in [0.717, 1.165) is 18.9 Å². The highest BCUT2D eigenvalue weighted by Crippen LogP contribution is 2.45. The third-order valence-corrected chi connectivity index (χ3v) is 3.71. The number of nitrogens with zero attached hydrogens (tertiary/aromatic N) is 3. The molecule has 0 amide bonds. The molecule has 1 aliphatic carbocycles. The Labute approximate surface area is 130 Å². The van der Waals surface area contributed by atoms with E-state index >= 15 is 0 Å². The van der Waals surface area contributed by atoms with Gasteiger partial charge >= 0.3 is 12.1 Å². The Morgan fingerprint density at radius 1 is 1.43 bits per heavy atom. The number of alkyl halides is 3. The van der Waals surface area contributed by atoms with Crippen LogP contribution >= 0.6 is 0 Å². The van der Waals surface area contributed by atoms with Gasteiger partial charge in [0, 0.05) is 11.6 Å². The van der Waals surface area contributed by atoms with Gasteiger partial charge in [0.2, 0.25) is 0 Å². The second kappa shape index (κ2) is 5.50. The lowest BCUT2D eigenvalue weighted by Crippen LogP contribution is -2.15. The predicted molar refractivity (Wildman–Crippen MR) is 75.9 cm³/mol. The highest BCUT2D eigenvalue weighted by Gasteiger charge is 2.39. The van der Waals surface area contributed by atoms with E-state index in [1.54, 1.807) is 6.92 Å². The molecule has 0 spiro atoms. The van der Waals surface area contributed by atoms with E-state index in [0.29, 0.717) is 5.69 Å². The van der Waals surface area contributed by atoms with Crippen molar-refractivity contribution < 1.29 is 22.7 Å². The molecule has 124 valence electrons. The molecular formula is C15H16F3N3O2. The van der Waals surface area contributed by atoms with Crippen molar-refractivity contribution in [1.29, 1.82) is 0 Å². The van der Waals surface area contributed by atoms with Crippen molar-refractivity contribution >= 4 is 17.0 Å². The molecule has 2 aromatic heterocycles. The topological polar surface area (TPSA) is 57.0 Å². The molecule has 1 saturated carbocycles. The fourth-order valence-corrected chi connectivity index (χ4v) is 2.63. The quantitative estimate of drug-likeness (QED) is 0.809. The lowest BCUT2D eigenvalue weighted by molar-refractivity contribution is -0.144. The maximum absolute atomic E-state index is 13.4. The summed E-state index contributed by atoms with van der Waals surface area (Å²) in [4.78, 5) is 15.9. The van der Waals surface area contributed by atoms with Gasteiger partial charge in [0.1, 0.15) is 6.54 Å². The highest BCUT2D eigenvalue weighted by atomic mass is 19.4. The molecule has 8 heteroatoms. The molecular weight excluding hydrogens is 311 g/mol. The minimum absolute atomic E-state index is 0.00607. The number of aromatic nitrogens is 3. The number of carbonyl (C=O) groups is 1. The lowest BCUT2D eigenvalue weighted by atomic mass is 10.1. The van der Waals surface area contributed by atoms with Crippen LogP contribution in [0.25, 0.3) is 11.0 Å². The number of halogens is 3. The summed E-state index contributed by atoms with van der Waals surface area (Å²) >= 11 is 0. The number of hydrogen-bond acceptors (Lipinski definition) is 4. The first-order chi connectivity index (χ1) is 10.8. The van der Waals surface area contributed by atoms with Gasteiger partial charge in [-0.25, -0.2) is 9.67 Å². The predicted octanol–water partition coefficient (Wildman–Crippen LogP) is 3.20. The van der Waals surface area contributed by atoms with Crippen LogP contribution in [0.1, 0.15) is 42.6 Å². The van der Waals surface area contributed by atoms with Crippen molar-refractivity contribution in [2.24, 2.45) is 0 Å². The van der Waals surface area contributed by atoms with Crippen LogP contribution in [0, 0.1) is 6.92 Å². The molecule has 0 unspecified atom stereocenters. The summed E-state index contributed by atoms with van der Waals surface area (Å²) in [7, 11) is 0.